The molecule has 1 heterocycles. The Kier molecular flexibility index (Phi) is 6.62. The van der Waals surface area contributed by atoms with Gasteiger partial charge in [-0.2, -0.15) is 0 Å². The lowest BCUT2D eigenvalue weighted by atomic mass is 10.2. The van der Waals surface area contributed by atoms with Crippen LogP contribution in [0.25, 0.3) is 10.6 Å². The van der Waals surface area contributed by atoms with Gasteiger partial charge >= 0.3 is 0 Å². The van der Waals surface area contributed by atoms with Gasteiger partial charge in [0.15, 0.2) is 0 Å². The Morgan fingerprint density at radius 1 is 1.00 bits per heavy atom. The second-order valence-corrected chi connectivity index (χ2v) is 7.88. The molecule has 7 heteroatoms. The summed E-state index contributed by atoms with van der Waals surface area (Å²) in [5.74, 6) is 0.0668. The van der Waals surface area contributed by atoms with E-state index in [-0.39, 0.29) is 11.8 Å². The molecule has 3 aromatic rings. The van der Waals surface area contributed by atoms with Crippen molar-refractivity contribution in [3.8, 4) is 10.6 Å². The van der Waals surface area contributed by atoms with Gasteiger partial charge in [-0.15, -0.1) is 23.1 Å². The van der Waals surface area contributed by atoms with E-state index in [0.29, 0.717) is 22.7 Å². The number of thioether (sulfide) groups is 1. The summed E-state index contributed by atoms with van der Waals surface area (Å²) in [7, 11) is 0. The first-order valence-electron chi connectivity index (χ1n) is 8.43. The molecular formula is C20H19N3O2S2. The molecule has 0 aliphatic rings. The number of aryl methyl sites for hydroxylation is 1. The van der Waals surface area contributed by atoms with Gasteiger partial charge < -0.3 is 0 Å². The molecule has 5 nitrogen and oxygen atoms in total. The molecule has 0 aliphatic heterocycles. The summed E-state index contributed by atoms with van der Waals surface area (Å²) in [4.78, 5) is 30.3. The molecule has 0 saturated carbocycles. The van der Waals surface area contributed by atoms with Gasteiger partial charge in [-0.05, 0) is 19.1 Å². The minimum atomic E-state index is -0.351. The van der Waals surface area contributed by atoms with Gasteiger partial charge in [-0.25, -0.2) is 4.98 Å². The summed E-state index contributed by atoms with van der Waals surface area (Å²) < 4.78 is 0. The van der Waals surface area contributed by atoms with E-state index in [2.05, 4.69) is 15.8 Å². The van der Waals surface area contributed by atoms with Gasteiger partial charge in [-0.1, -0.05) is 48.5 Å². The summed E-state index contributed by atoms with van der Waals surface area (Å²) >= 11 is 2.91. The molecular weight excluding hydrogens is 378 g/mol. The molecule has 0 fully saturated rings. The third-order valence-corrected chi connectivity index (χ3v) is 5.90. The molecule has 0 radical (unpaired) electrons. The van der Waals surface area contributed by atoms with Gasteiger partial charge in [-0.3, -0.25) is 20.4 Å². The maximum absolute atomic E-state index is 12.3. The van der Waals surface area contributed by atoms with Crippen molar-refractivity contribution in [1.82, 2.24) is 15.8 Å². The van der Waals surface area contributed by atoms with E-state index in [1.54, 1.807) is 18.7 Å². The van der Waals surface area contributed by atoms with E-state index >= 15 is 0 Å². The van der Waals surface area contributed by atoms with Gasteiger partial charge in [0.25, 0.3) is 5.91 Å². The second kappa shape index (κ2) is 9.34. The van der Waals surface area contributed by atoms with Crippen LogP contribution in [0.5, 0.6) is 0 Å². The Balaban J connectivity index is 1.49. The molecule has 0 spiro atoms. The highest BCUT2D eigenvalue weighted by molar-refractivity contribution is 7.99. The van der Waals surface area contributed by atoms with Crippen molar-refractivity contribution in [2.45, 2.75) is 18.2 Å². The Hall–Kier alpha value is -2.64. The van der Waals surface area contributed by atoms with Crippen molar-refractivity contribution in [2.24, 2.45) is 0 Å². The van der Waals surface area contributed by atoms with Crippen LogP contribution >= 0.6 is 23.1 Å². The smallest absolute Gasteiger partial charge is 0.273 e. The minimum Gasteiger partial charge on any atom is -0.273 e. The van der Waals surface area contributed by atoms with Crippen LogP contribution in [0.2, 0.25) is 0 Å². The number of hydrogen-bond acceptors (Lipinski definition) is 5. The predicted octanol–water partition coefficient (Wildman–Crippen LogP) is 4.06. The van der Waals surface area contributed by atoms with Crippen LogP contribution in [0.4, 0.5) is 0 Å². The first-order valence-corrected chi connectivity index (χ1v) is 10.2. The highest BCUT2D eigenvalue weighted by atomic mass is 32.2. The standard InChI is InChI=1S/C20H19N3O2S2/c1-14-18(27-20(21-14)15-8-4-2-5-9-15)19(25)23-22-17(24)12-13-26-16-10-6-3-7-11-16/h2-11H,12-13H2,1H3,(H,22,24)(H,23,25). The number of nitrogens with one attached hydrogen (secondary N) is 2. The van der Waals surface area contributed by atoms with Crippen LogP contribution in [0.1, 0.15) is 21.8 Å². The molecule has 27 heavy (non-hydrogen) atoms. The molecule has 2 amide bonds. The van der Waals surface area contributed by atoms with Crippen molar-refractivity contribution in [2.75, 3.05) is 5.75 Å². The van der Waals surface area contributed by atoms with Gasteiger partial charge in [0.2, 0.25) is 5.91 Å². The maximum atomic E-state index is 12.3. The van der Waals surface area contributed by atoms with E-state index < -0.39 is 0 Å². The first-order chi connectivity index (χ1) is 13.1. The fourth-order valence-electron chi connectivity index (χ4n) is 2.34. The maximum Gasteiger partial charge on any atom is 0.281 e. The van der Waals surface area contributed by atoms with Crippen molar-refractivity contribution in [1.29, 1.82) is 0 Å². The summed E-state index contributed by atoms with van der Waals surface area (Å²) in [6, 6.07) is 19.6. The Morgan fingerprint density at radius 3 is 2.37 bits per heavy atom. The van der Waals surface area contributed by atoms with Gasteiger partial charge in [0.05, 0.1) is 5.69 Å². The van der Waals surface area contributed by atoms with E-state index in [1.165, 1.54) is 11.3 Å². The average Bonchev–Trinajstić information content (AvgIpc) is 3.09. The summed E-state index contributed by atoms with van der Waals surface area (Å²) in [6.45, 7) is 1.79. The van der Waals surface area contributed by atoms with E-state index in [1.807, 2.05) is 60.7 Å². The van der Waals surface area contributed by atoms with Crippen LogP contribution in [0.3, 0.4) is 0 Å². The molecule has 3 rings (SSSR count). The zero-order chi connectivity index (χ0) is 19.1. The molecule has 0 bridgehead atoms. The zero-order valence-corrected chi connectivity index (χ0v) is 16.4. The van der Waals surface area contributed by atoms with Gasteiger partial charge in [0.1, 0.15) is 9.88 Å². The third-order valence-electron chi connectivity index (χ3n) is 3.68. The second-order valence-electron chi connectivity index (χ2n) is 5.71. The van der Waals surface area contributed by atoms with Crippen LogP contribution in [-0.4, -0.2) is 22.6 Å². The Labute approximate surface area is 166 Å². The molecule has 0 atom stereocenters. The number of nitrogens with zero attached hydrogens (tertiary/aromatic N) is 1. The highest BCUT2D eigenvalue weighted by Crippen LogP contribution is 2.27. The van der Waals surface area contributed by atoms with Crippen molar-refractivity contribution >= 4 is 34.9 Å². The number of hydrazine groups is 1. The lowest BCUT2D eigenvalue weighted by molar-refractivity contribution is -0.121. The zero-order valence-electron chi connectivity index (χ0n) is 14.8. The minimum absolute atomic E-state index is 0.225. The van der Waals surface area contributed by atoms with Crippen LogP contribution < -0.4 is 10.9 Å². The Morgan fingerprint density at radius 2 is 1.67 bits per heavy atom. The van der Waals surface area contributed by atoms with Crippen molar-refractivity contribution < 1.29 is 9.59 Å². The molecule has 1 aromatic heterocycles. The molecule has 0 unspecified atom stereocenters. The SMILES string of the molecule is Cc1nc(-c2ccccc2)sc1C(=O)NNC(=O)CCSc1ccccc1. The van der Waals surface area contributed by atoms with E-state index in [4.69, 9.17) is 0 Å². The molecule has 2 N–H and O–H groups in total. The number of thiazole rings is 1. The van der Waals surface area contributed by atoms with Crippen molar-refractivity contribution in [3.63, 3.8) is 0 Å². The summed E-state index contributed by atoms with van der Waals surface area (Å²) in [5.41, 5.74) is 6.55. The number of carbonyl (C=O) groups is 2. The molecule has 0 saturated heterocycles. The number of rotatable bonds is 6. The molecule has 0 aliphatic carbocycles. The number of amides is 2. The van der Waals surface area contributed by atoms with Crippen molar-refractivity contribution in [3.05, 3.63) is 71.2 Å². The number of hydrogen-bond donors (Lipinski definition) is 2. The lowest BCUT2D eigenvalue weighted by Crippen LogP contribution is -2.41. The largest absolute Gasteiger partial charge is 0.281 e. The lowest BCUT2D eigenvalue weighted by Gasteiger charge is -2.06. The molecule has 2 aromatic carbocycles. The summed E-state index contributed by atoms with van der Waals surface area (Å²) in [6.07, 6.45) is 0.316. The molecule has 138 valence electrons. The first kappa shape index (κ1) is 19.1. The number of aromatic nitrogens is 1. The van der Waals surface area contributed by atoms with Crippen LogP contribution in [0.15, 0.2) is 65.6 Å². The number of benzene rings is 2. The van der Waals surface area contributed by atoms with Crippen LogP contribution in [-0.2, 0) is 4.79 Å². The summed E-state index contributed by atoms with van der Waals surface area (Å²) in [5, 5.41) is 0.781. The predicted molar refractivity (Wildman–Crippen MR) is 110 cm³/mol. The highest BCUT2D eigenvalue weighted by Gasteiger charge is 2.16. The fraction of sp³-hybridized carbons (Fsp3) is 0.150. The normalized spacial score (nSPS) is 10.4. The Bertz CT molecular complexity index is 911. The quantitative estimate of drug-likeness (QED) is 0.486. The van der Waals surface area contributed by atoms with Gasteiger partial charge in [0, 0.05) is 22.6 Å². The fourth-order valence-corrected chi connectivity index (χ4v) is 4.18. The van der Waals surface area contributed by atoms with E-state index in [9.17, 15) is 9.59 Å². The topological polar surface area (TPSA) is 71.1 Å². The monoisotopic (exact) mass is 397 g/mol. The average molecular weight is 398 g/mol. The number of carbonyl (C=O) groups excluding carboxylic acids is 2. The van der Waals surface area contributed by atoms with Crippen LogP contribution in [0, 0.1) is 6.92 Å². The third kappa shape index (κ3) is 5.42. The van der Waals surface area contributed by atoms with E-state index in [0.717, 1.165) is 15.5 Å².